The van der Waals surface area contributed by atoms with E-state index in [2.05, 4.69) is 4.99 Å². The van der Waals surface area contributed by atoms with Crippen LogP contribution < -0.4 is 0 Å². The second-order valence-corrected chi connectivity index (χ2v) is 5.96. The van der Waals surface area contributed by atoms with E-state index >= 15 is 0 Å². The van der Waals surface area contributed by atoms with Crippen molar-refractivity contribution in [1.29, 1.82) is 0 Å². The number of aliphatic imine (C=N–C) groups is 1. The lowest BCUT2D eigenvalue weighted by atomic mass is 9.99. The molecular weight excluding hydrogens is 338 g/mol. The van der Waals surface area contributed by atoms with Crippen molar-refractivity contribution in [2.45, 2.75) is 0 Å². The Morgan fingerprint density at radius 1 is 0.815 bits per heavy atom. The van der Waals surface area contributed by atoms with Gasteiger partial charge in [-0.25, -0.2) is 9.79 Å². The third-order valence-electron chi connectivity index (χ3n) is 4.27. The summed E-state index contributed by atoms with van der Waals surface area (Å²) in [6.07, 6.45) is 0. The topological polar surface area (TPSA) is 47.9 Å². The Morgan fingerprint density at radius 3 is 2.07 bits per heavy atom. The molecule has 0 amide bonds. The van der Waals surface area contributed by atoms with Crippen LogP contribution in [0.1, 0.15) is 16.7 Å². The molecule has 132 valence electrons. The molecular formula is C23H17NO3. The summed E-state index contributed by atoms with van der Waals surface area (Å²) >= 11 is 0. The van der Waals surface area contributed by atoms with Crippen LogP contribution in [-0.2, 0) is 14.3 Å². The molecule has 0 aromatic heterocycles. The van der Waals surface area contributed by atoms with Gasteiger partial charge in [0, 0.05) is 11.1 Å². The maximum Gasteiger partial charge on any atom is 0.342 e. The van der Waals surface area contributed by atoms with Crippen LogP contribution in [0, 0.1) is 0 Å². The molecule has 4 heteroatoms. The van der Waals surface area contributed by atoms with E-state index in [4.69, 9.17) is 9.47 Å². The van der Waals surface area contributed by atoms with E-state index in [9.17, 15) is 4.79 Å². The number of hydrogen-bond donors (Lipinski definition) is 0. The summed E-state index contributed by atoms with van der Waals surface area (Å²) in [7, 11) is 1.37. The number of nitrogens with zero attached hydrogens (tertiary/aromatic N) is 1. The first-order valence-electron chi connectivity index (χ1n) is 8.57. The van der Waals surface area contributed by atoms with Gasteiger partial charge in [-0.2, -0.15) is 0 Å². The van der Waals surface area contributed by atoms with Crippen molar-refractivity contribution in [1.82, 2.24) is 0 Å². The van der Waals surface area contributed by atoms with Crippen LogP contribution >= 0.6 is 0 Å². The zero-order chi connectivity index (χ0) is 18.6. The van der Waals surface area contributed by atoms with Gasteiger partial charge in [0.1, 0.15) is 5.57 Å². The van der Waals surface area contributed by atoms with Crippen LogP contribution in [0.3, 0.4) is 0 Å². The normalized spacial score (nSPS) is 15.8. The van der Waals surface area contributed by atoms with Gasteiger partial charge in [0.2, 0.25) is 5.90 Å². The molecule has 1 aliphatic heterocycles. The Bertz CT molecular complexity index is 1040. The summed E-state index contributed by atoms with van der Waals surface area (Å²) in [5.74, 6) is 0.467. The molecule has 0 spiro atoms. The van der Waals surface area contributed by atoms with Crippen molar-refractivity contribution >= 4 is 28.9 Å². The van der Waals surface area contributed by atoms with Gasteiger partial charge in [-0.3, -0.25) is 0 Å². The minimum atomic E-state index is -0.452. The van der Waals surface area contributed by atoms with Gasteiger partial charge in [-0.15, -0.1) is 0 Å². The Hall–Kier alpha value is -3.66. The zero-order valence-electron chi connectivity index (χ0n) is 14.8. The molecule has 1 aliphatic rings. The lowest BCUT2D eigenvalue weighted by molar-refractivity contribution is -0.133. The number of esters is 1. The lowest BCUT2D eigenvalue weighted by Gasteiger charge is -2.10. The fourth-order valence-electron chi connectivity index (χ4n) is 3.01. The maximum absolute atomic E-state index is 12.6. The van der Waals surface area contributed by atoms with E-state index in [1.807, 2.05) is 84.9 Å². The summed E-state index contributed by atoms with van der Waals surface area (Å²) in [4.78, 5) is 17.2. The Kier molecular flexibility index (Phi) is 4.54. The van der Waals surface area contributed by atoms with Crippen molar-refractivity contribution in [3.05, 3.63) is 102 Å². The van der Waals surface area contributed by atoms with Crippen molar-refractivity contribution in [3.63, 3.8) is 0 Å². The Labute approximate surface area is 157 Å². The van der Waals surface area contributed by atoms with Gasteiger partial charge < -0.3 is 9.47 Å². The molecule has 0 radical (unpaired) electrons. The molecule has 3 aromatic rings. The van der Waals surface area contributed by atoms with E-state index in [0.717, 1.165) is 22.4 Å². The minimum absolute atomic E-state index is 0.379. The highest BCUT2D eigenvalue weighted by molar-refractivity contribution is 6.27. The summed E-state index contributed by atoms with van der Waals surface area (Å²) in [5.41, 5.74) is 3.55. The van der Waals surface area contributed by atoms with Gasteiger partial charge in [-0.05, 0) is 23.8 Å². The van der Waals surface area contributed by atoms with Gasteiger partial charge in [0.05, 0.1) is 12.8 Å². The average molecular weight is 355 g/mol. The summed E-state index contributed by atoms with van der Waals surface area (Å²) in [5, 5.41) is 0. The molecule has 27 heavy (non-hydrogen) atoms. The molecule has 0 unspecified atom stereocenters. The number of rotatable bonds is 3. The lowest BCUT2D eigenvalue weighted by Crippen LogP contribution is -2.07. The largest absolute Gasteiger partial charge is 0.465 e. The van der Waals surface area contributed by atoms with E-state index in [1.54, 1.807) is 0 Å². The fourth-order valence-corrected chi connectivity index (χ4v) is 3.01. The van der Waals surface area contributed by atoms with Crippen LogP contribution in [-0.4, -0.2) is 19.0 Å². The van der Waals surface area contributed by atoms with Crippen LogP contribution in [0.4, 0.5) is 5.69 Å². The number of fused-ring (bicyclic) bond motifs is 1. The second kappa shape index (κ2) is 7.30. The third-order valence-corrected chi connectivity index (χ3v) is 4.27. The predicted molar refractivity (Wildman–Crippen MR) is 105 cm³/mol. The van der Waals surface area contributed by atoms with Crippen molar-refractivity contribution in [2.75, 3.05) is 7.11 Å². The molecule has 0 fully saturated rings. The van der Waals surface area contributed by atoms with Gasteiger partial charge >= 0.3 is 5.97 Å². The number of benzene rings is 3. The quantitative estimate of drug-likeness (QED) is 0.499. The van der Waals surface area contributed by atoms with Crippen LogP contribution in [0.5, 0.6) is 0 Å². The number of carbonyl (C=O) groups is 1. The molecule has 4 rings (SSSR count). The highest BCUT2D eigenvalue weighted by Gasteiger charge is 2.31. The first-order valence-corrected chi connectivity index (χ1v) is 8.57. The predicted octanol–water partition coefficient (Wildman–Crippen LogP) is 4.84. The molecule has 1 heterocycles. The summed E-state index contributed by atoms with van der Waals surface area (Å²) < 4.78 is 11.1. The first kappa shape index (κ1) is 16.8. The molecule has 0 atom stereocenters. The molecule has 0 saturated heterocycles. The van der Waals surface area contributed by atoms with Crippen molar-refractivity contribution in [2.24, 2.45) is 4.99 Å². The highest BCUT2D eigenvalue weighted by atomic mass is 16.5. The number of methoxy groups -OCH3 is 1. The molecule has 0 saturated carbocycles. The number of ether oxygens (including phenoxy) is 2. The highest BCUT2D eigenvalue weighted by Crippen LogP contribution is 2.37. The zero-order valence-corrected chi connectivity index (χ0v) is 14.8. The smallest absolute Gasteiger partial charge is 0.342 e. The minimum Gasteiger partial charge on any atom is -0.465 e. The monoisotopic (exact) mass is 355 g/mol. The SMILES string of the molecule is COC(=O)/C(=C1/OC(=Nc2ccccc2)c2ccccc21)c1ccccc1. The third kappa shape index (κ3) is 3.25. The number of hydrogen-bond acceptors (Lipinski definition) is 4. The Morgan fingerprint density at radius 2 is 1.41 bits per heavy atom. The van der Waals surface area contributed by atoms with Crippen LogP contribution in [0.2, 0.25) is 0 Å². The first-order chi connectivity index (χ1) is 13.3. The average Bonchev–Trinajstić information content (AvgIpc) is 3.08. The number of para-hydroxylation sites is 1. The molecule has 0 N–H and O–H groups in total. The number of carbonyl (C=O) groups excluding carboxylic acids is 1. The maximum atomic E-state index is 12.6. The molecule has 4 nitrogen and oxygen atoms in total. The van der Waals surface area contributed by atoms with Crippen molar-refractivity contribution < 1.29 is 14.3 Å². The van der Waals surface area contributed by atoms with E-state index in [1.165, 1.54) is 7.11 Å². The van der Waals surface area contributed by atoms with Gasteiger partial charge in [0.25, 0.3) is 0 Å². The Balaban J connectivity index is 1.92. The second-order valence-electron chi connectivity index (χ2n) is 5.96. The summed E-state index contributed by atoms with van der Waals surface area (Å²) in [6.45, 7) is 0. The van der Waals surface area contributed by atoms with Gasteiger partial charge in [-0.1, -0.05) is 66.7 Å². The standard InChI is InChI=1S/C23H17NO3/c1-26-23(25)20(16-10-4-2-5-11-16)21-18-14-8-9-15-19(18)22(27-21)24-17-12-6-3-7-13-17/h2-15H,1H3/b21-20+,24-22?. The molecule has 0 aliphatic carbocycles. The van der Waals surface area contributed by atoms with E-state index < -0.39 is 5.97 Å². The van der Waals surface area contributed by atoms with Crippen LogP contribution in [0.15, 0.2) is 89.9 Å². The van der Waals surface area contributed by atoms with E-state index in [-0.39, 0.29) is 0 Å². The fraction of sp³-hybridized carbons (Fsp3) is 0.0435. The molecule has 3 aromatic carbocycles. The van der Waals surface area contributed by atoms with E-state index in [0.29, 0.717) is 17.2 Å². The van der Waals surface area contributed by atoms with Gasteiger partial charge in [0.15, 0.2) is 5.76 Å². The summed E-state index contributed by atoms with van der Waals surface area (Å²) in [6, 6.07) is 26.6. The molecule has 0 bridgehead atoms. The van der Waals surface area contributed by atoms with Crippen molar-refractivity contribution in [3.8, 4) is 0 Å². The van der Waals surface area contributed by atoms with Crippen LogP contribution in [0.25, 0.3) is 11.3 Å².